The molecule has 54 heavy (non-hydrogen) atoms. The molecule has 290 valence electrons. The third kappa shape index (κ3) is 9.87. The number of aliphatic hydroxyl groups is 2. The predicted molar refractivity (Wildman–Crippen MR) is 184 cm³/mol. The minimum Gasteiger partial charge on any atom is -0.480 e. The lowest BCUT2D eigenvalue weighted by molar-refractivity contribution is -0.297. The molecule has 4 aliphatic rings. The fourth-order valence-corrected chi connectivity index (χ4v) is 5.56. The Labute approximate surface area is 310 Å². The van der Waals surface area contributed by atoms with Crippen LogP contribution in [-0.4, -0.2) is 76.6 Å². The summed E-state index contributed by atoms with van der Waals surface area (Å²) in [4.78, 5) is 75.4. The van der Waals surface area contributed by atoms with Crippen molar-refractivity contribution >= 4 is 35.8 Å². The quantitative estimate of drug-likeness (QED) is 0.0641. The van der Waals surface area contributed by atoms with Gasteiger partial charge in [-0.15, -0.1) is 0 Å². The molecule has 0 bridgehead atoms. The molecule has 0 amide bonds. The van der Waals surface area contributed by atoms with Crippen LogP contribution in [0.2, 0.25) is 0 Å². The average Bonchev–Trinajstić information content (AvgIpc) is 3.09. The van der Waals surface area contributed by atoms with Crippen LogP contribution >= 0.6 is 0 Å². The number of cyclic esters (lactones) is 2. The molecule has 1 saturated carbocycles. The SMILES string of the molecule is CCCOC(=O)C(/C=C/C=C/C=C1C(=O)OC2(CCC3(CC2)OC(=O)C(/C=C/C=C/C=C2C(=O)OC(C)(CCC)OC2=O)=C(O)O3)OC1=O)=C(/O)OCC. The molecule has 16 nitrogen and oxygen atoms in total. The van der Waals surface area contributed by atoms with Crippen molar-refractivity contribution in [2.75, 3.05) is 13.2 Å². The van der Waals surface area contributed by atoms with Crippen molar-refractivity contribution in [2.24, 2.45) is 0 Å². The zero-order valence-corrected chi connectivity index (χ0v) is 30.2. The minimum atomic E-state index is -1.66. The van der Waals surface area contributed by atoms with Crippen molar-refractivity contribution in [1.29, 1.82) is 0 Å². The lowest BCUT2D eigenvalue weighted by Gasteiger charge is -2.46. The predicted octanol–water partition coefficient (Wildman–Crippen LogP) is 4.85. The van der Waals surface area contributed by atoms with Gasteiger partial charge in [0.15, 0.2) is 0 Å². The Balaban J connectivity index is 1.33. The van der Waals surface area contributed by atoms with Gasteiger partial charge in [0.05, 0.1) is 13.2 Å². The third-order valence-electron chi connectivity index (χ3n) is 8.21. The summed E-state index contributed by atoms with van der Waals surface area (Å²) in [5.41, 5.74) is -1.26. The zero-order chi connectivity index (χ0) is 39.5. The van der Waals surface area contributed by atoms with Crippen molar-refractivity contribution in [3.05, 3.63) is 94.9 Å². The van der Waals surface area contributed by atoms with Gasteiger partial charge in [-0.3, -0.25) is 0 Å². The van der Waals surface area contributed by atoms with E-state index in [1.807, 2.05) is 13.8 Å². The molecule has 0 aromatic heterocycles. The van der Waals surface area contributed by atoms with Gasteiger partial charge in [0.1, 0.15) is 22.3 Å². The monoisotopic (exact) mass is 754 g/mol. The van der Waals surface area contributed by atoms with Gasteiger partial charge in [0.2, 0.25) is 0 Å². The highest BCUT2D eigenvalue weighted by atomic mass is 16.8. The molecule has 3 heterocycles. The maximum atomic E-state index is 12.9. The van der Waals surface area contributed by atoms with E-state index in [-0.39, 0.29) is 55.6 Å². The number of hydrogen-bond acceptors (Lipinski definition) is 16. The van der Waals surface area contributed by atoms with Crippen molar-refractivity contribution < 1.29 is 76.9 Å². The molecule has 4 rings (SSSR count). The van der Waals surface area contributed by atoms with E-state index in [9.17, 15) is 39.0 Å². The summed E-state index contributed by atoms with van der Waals surface area (Å²) in [6, 6.07) is 0. The first-order valence-electron chi connectivity index (χ1n) is 17.3. The van der Waals surface area contributed by atoms with E-state index in [0.29, 0.717) is 19.3 Å². The molecular weight excluding hydrogens is 712 g/mol. The van der Waals surface area contributed by atoms with Gasteiger partial charge in [-0.2, -0.15) is 0 Å². The molecular formula is C38H42O16. The van der Waals surface area contributed by atoms with Gasteiger partial charge in [-0.1, -0.05) is 50.3 Å². The fourth-order valence-electron chi connectivity index (χ4n) is 5.56. The summed E-state index contributed by atoms with van der Waals surface area (Å²) >= 11 is 0. The molecule has 0 aromatic rings. The number of hydrogen-bond donors (Lipinski definition) is 2. The number of carbonyl (C=O) groups excluding carboxylic acids is 6. The second-order valence-electron chi connectivity index (χ2n) is 12.4. The van der Waals surface area contributed by atoms with Gasteiger partial charge in [-0.25, -0.2) is 28.8 Å². The second kappa shape index (κ2) is 17.6. The summed E-state index contributed by atoms with van der Waals surface area (Å²) in [6.07, 6.45) is 14.0. The van der Waals surface area contributed by atoms with Gasteiger partial charge in [0.25, 0.3) is 29.3 Å². The average molecular weight is 755 g/mol. The van der Waals surface area contributed by atoms with Gasteiger partial charge >= 0.3 is 35.8 Å². The Bertz CT molecular complexity index is 1730. The molecule has 0 radical (unpaired) electrons. The van der Waals surface area contributed by atoms with E-state index < -0.39 is 70.6 Å². The first kappa shape index (κ1) is 40.7. The fraction of sp³-hybridized carbons (Fsp3) is 0.421. The highest BCUT2D eigenvalue weighted by molar-refractivity contribution is 6.16. The largest absolute Gasteiger partial charge is 0.480 e. The number of aliphatic hydroxyl groups excluding tert-OH is 2. The summed E-state index contributed by atoms with van der Waals surface area (Å²) in [5.74, 6) is -11.2. The Hall–Kier alpha value is -6.06. The van der Waals surface area contributed by atoms with Gasteiger partial charge in [0, 0.05) is 39.0 Å². The Morgan fingerprint density at radius 1 is 0.685 bits per heavy atom. The number of esters is 6. The third-order valence-corrected chi connectivity index (χ3v) is 8.21. The molecule has 0 unspecified atom stereocenters. The van der Waals surface area contributed by atoms with Crippen molar-refractivity contribution in [1.82, 2.24) is 0 Å². The van der Waals surface area contributed by atoms with Crippen LogP contribution in [0, 0.1) is 0 Å². The number of rotatable bonds is 13. The molecule has 2 saturated heterocycles. The number of allylic oxidation sites excluding steroid dienone is 8. The molecule has 2 spiro atoms. The Kier molecular flexibility index (Phi) is 13.3. The standard InChI is InChI=1S/C38H42O16/c1-5-18-36(4)49-30(41)25(31(42)50-36)15-11-9-13-17-27-34(45)53-38(54-35(27)46)21-19-37(20-22-38)51-32(43)26(33(44)52-37)16-12-8-10-14-24(28(39)47-7-3)29(40)48-23-6-2/h8-17,39,45H,5-7,18-23H2,1-4H3/b11-9+,12-8+,14-10+,17-13+,25-15?,26-16?,28-24-. The van der Waals surface area contributed by atoms with E-state index in [0.717, 1.165) is 6.08 Å². The van der Waals surface area contributed by atoms with Gasteiger partial charge in [-0.05, 0) is 44.1 Å². The van der Waals surface area contributed by atoms with Crippen molar-refractivity contribution in [3.8, 4) is 0 Å². The molecule has 1 aliphatic carbocycles. The Morgan fingerprint density at radius 3 is 1.72 bits per heavy atom. The molecule has 2 N–H and O–H groups in total. The smallest absolute Gasteiger partial charge is 0.348 e. The van der Waals surface area contributed by atoms with Crippen LogP contribution in [0.4, 0.5) is 0 Å². The second-order valence-corrected chi connectivity index (χ2v) is 12.4. The first-order valence-corrected chi connectivity index (χ1v) is 17.3. The maximum Gasteiger partial charge on any atom is 0.348 e. The highest BCUT2D eigenvalue weighted by Gasteiger charge is 2.56. The Morgan fingerprint density at radius 2 is 1.20 bits per heavy atom. The van der Waals surface area contributed by atoms with Crippen LogP contribution in [-0.2, 0) is 66.7 Å². The van der Waals surface area contributed by atoms with Crippen LogP contribution in [0.25, 0.3) is 0 Å². The van der Waals surface area contributed by atoms with Crippen molar-refractivity contribution in [3.63, 3.8) is 0 Å². The minimum absolute atomic E-state index is 0.105. The van der Waals surface area contributed by atoms with E-state index in [4.69, 9.17) is 37.9 Å². The first-order chi connectivity index (χ1) is 25.7. The summed E-state index contributed by atoms with van der Waals surface area (Å²) in [5, 5.41) is 20.6. The summed E-state index contributed by atoms with van der Waals surface area (Å²) < 4.78 is 42.7. The lowest BCUT2D eigenvalue weighted by atomic mass is 9.87. The van der Waals surface area contributed by atoms with E-state index >= 15 is 0 Å². The lowest BCUT2D eigenvalue weighted by Crippen LogP contribution is -2.54. The zero-order valence-electron chi connectivity index (χ0n) is 30.2. The summed E-state index contributed by atoms with van der Waals surface area (Å²) in [6.45, 7) is 7.05. The van der Waals surface area contributed by atoms with Gasteiger partial charge < -0.3 is 48.1 Å². The van der Waals surface area contributed by atoms with E-state index in [1.54, 1.807) is 6.92 Å². The van der Waals surface area contributed by atoms with Crippen LogP contribution in [0.5, 0.6) is 0 Å². The van der Waals surface area contributed by atoms with E-state index in [1.165, 1.54) is 61.6 Å². The number of carbonyl (C=O) groups is 6. The van der Waals surface area contributed by atoms with Crippen molar-refractivity contribution in [2.45, 2.75) is 90.0 Å². The molecule has 3 fully saturated rings. The van der Waals surface area contributed by atoms with E-state index in [2.05, 4.69) is 0 Å². The topological polar surface area (TPSA) is 217 Å². The summed E-state index contributed by atoms with van der Waals surface area (Å²) in [7, 11) is 0. The normalized spacial score (nSPS) is 26.5. The van der Waals surface area contributed by atoms with Crippen LogP contribution in [0.1, 0.15) is 72.6 Å². The molecule has 3 aliphatic heterocycles. The van der Waals surface area contributed by atoms with Crippen LogP contribution in [0.15, 0.2) is 94.9 Å². The molecule has 0 atom stereocenters. The molecule has 16 heteroatoms. The molecule has 0 aromatic carbocycles. The van der Waals surface area contributed by atoms with Crippen LogP contribution < -0.4 is 0 Å². The van der Waals surface area contributed by atoms with Crippen LogP contribution in [0.3, 0.4) is 0 Å². The highest BCUT2D eigenvalue weighted by Crippen LogP contribution is 2.45. The maximum absolute atomic E-state index is 12.9. The number of ether oxygens (including phenoxy) is 8.